The summed E-state index contributed by atoms with van der Waals surface area (Å²) >= 11 is 0. The number of pyridine rings is 1. The van der Waals surface area contributed by atoms with Gasteiger partial charge < -0.3 is 24.6 Å². The first-order valence-corrected chi connectivity index (χ1v) is 15.7. The van der Waals surface area contributed by atoms with Crippen molar-refractivity contribution in [3.63, 3.8) is 0 Å². The summed E-state index contributed by atoms with van der Waals surface area (Å²) in [4.78, 5) is 42.7. The molecule has 2 aliphatic heterocycles. The second kappa shape index (κ2) is 12.9. The van der Waals surface area contributed by atoms with E-state index in [0.29, 0.717) is 54.9 Å². The third kappa shape index (κ3) is 6.59. The second-order valence-electron chi connectivity index (χ2n) is 12.8. The van der Waals surface area contributed by atoms with Crippen LogP contribution in [0.4, 0.5) is 20.8 Å². The van der Waals surface area contributed by atoms with E-state index in [1.807, 2.05) is 70.2 Å². The number of nitrogens with one attached hydrogen (secondary N) is 1. The van der Waals surface area contributed by atoms with Crippen LogP contribution in [0.3, 0.4) is 0 Å². The molecule has 0 radical (unpaired) electrons. The highest BCUT2D eigenvalue weighted by molar-refractivity contribution is 6.07. The highest BCUT2D eigenvalue weighted by atomic mass is 19.1. The Hall–Kier alpha value is -4.80. The molecule has 11 heteroatoms. The number of alkyl halides is 1. The van der Waals surface area contributed by atoms with Crippen molar-refractivity contribution in [3.8, 4) is 22.9 Å². The summed E-state index contributed by atoms with van der Waals surface area (Å²) in [6.07, 6.45) is 5.23. The van der Waals surface area contributed by atoms with E-state index in [1.54, 1.807) is 28.3 Å². The summed E-state index contributed by atoms with van der Waals surface area (Å²) in [6, 6.07) is 15.1. The summed E-state index contributed by atoms with van der Waals surface area (Å²) in [6.45, 7) is 8.50. The Morgan fingerprint density at radius 2 is 1.87 bits per heavy atom. The first-order chi connectivity index (χ1) is 22.1. The molecule has 2 atom stereocenters. The number of aryl methyl sites for hydroxylation is 1. The molecular formula is C35H39FN6O4. The minimum atomic E-state index is -0.651. The number of ether oxygens (including phenoxy) is 2. The number of hydrogen-bond acceptors (Lipinski definition) is 8. The van der Waals surface area contributed by atoms with Crippen LogP contribution in [-0.4, -0.2) is 69.8 Å². The highest BCUT2D eigenvalue weighted by Crippen LogP contribution is 2.40. The number of piperidine rings is 1. The maximum Gasteiger partial charge on any atom is 0.410 e. The van der Waals surface area contributed by atoms with Gasteiger partial charge in [-0.15, -0.1) is 0 Å². The molecule has 4 aromatic rings. The van der Waals surface area contributed by atoms with Gasteiger partial charge in [0.25, 0.3) is 0 Å². The third-order valence-corrected chi connectivity index (χ3v) is 8.29. The fraction of sp³-hybridized carbons (Fsp3) is 0.400. The molecular weight excluding hydrogens is 587 g/mol. The lowest BCUT2D eigenvalue weighted by Crippen LogP contribution is -2.47. The normalized spacial score (nSPS) is 18.6. The van der Waals surface area contributed by atoms with Gasteiger partial charge in [-0.2, -0.15) is 0 Å². The molecule has 2 saturated heterocycles. The van der Waals surface area contributed by atoms with Crippen LogP contribution < -0.4 is 15.0 Å². The van der Waals surface area contributed by atoms with Crippen molar-refractivity contribution in [3.05, 3.63) is 66.5 Å². The molecule has 240 valence electrons. The number of amides is 2. The third-order valence-electron chi connectivity index (χ3n) is 8.29. The van der Waals surface area contributed by atoms with Gasteiger partial charge in [-0.05, 0) is 76.8 Å². The lowest BCUT2D eigenvalue weighted by Gasteiger charge is -2.34. The average molecular weight is 627 g/mol. The Morgan fingerprint density at radius 3 is 2.65 bits per heavy atom. The van der Waals surface area contributed by atoms with Crippen LogP contribution >= 0.6 is 0 Å². The number of benzene rings is 2. The number of rotatable bonds is 7. The molecule has 2 fully saturated rings. The predicted molar refractivity (Wildman–Crippen MR) is 175 cm³/mol. The average Bonchev–Trinajstić information content (AvgIpc) is 3.41. The Morgan fingerprint density at radius 1 is 1.02 bits per heavy atom. The van der Waals surface area contributed by atoms with Crippen molar-refractivity contribution in [2.45, 2.75) is 58.6 Å². The Kier molecular flexibility index (Phi) is 8.75. The molecule has 2 amide bonds. The number of halogens is 1. The molecule has 1 N–H and O–H groups in total. The van der Waals surface area contributed by atoms with Crippen LogP contribution in [0.1, 0.15) is 45.6 Å². The van der Waals surface area contributed by atoms with Crippen molar-refractivity contribution in [1.82, 2.24) is 19.9 Å². The van der Waals surface area contributed by atoms with Crippen molar-refractivity contribution < 1.29 is 23.5 Å². The predicted octanol–water partition coefficient (Wildman–Crippen LogP) is 6.93. The molecule has 4 heterocycles. The number of carbonyl (C=O) groups excluding carboxylic acids is 2. The van der Waals surface area contributed by atoms with Crippen LogP contribution in [0.2, 0.25) is 0 Å². The van der Waals surface area contributed by atoms with Crippen LogP contribution in [0.15, 0.2) is 60.9 Å². The summed E-state index contributed by atoms with van der Waals surface area (Å²) in [5.41, 5.74) is 2.38. The first kappa shape index (κ1) is 31.2. The molecule has 2 aromatic carbocycles. The zero-order valence-electron chi connectivity index (χ0n) is 26.6. The molecule has 46 heavy (non-hydrogen) atoms. The Labute approximate surface area is 267 Å². The Bertz CT molecular complexity index is 1760. The van der Waals surface area contributed by atoms with Gasteiger partial charge in [0.05, 0.1) is 22.9 Å². The van der Waals surface area contributed by atoms with Crippen molar-refractivity contribution in [2.75, 3.05) is 36.5 Å². The maximum atomic E-state index is 13.4. The first-order valence-electron chi connectivity index (χ1n) is 15.7. The molecule has 6 rings (SSSR count). The molecule has 0 aliphatic carbocycles. The van der Waals surface area contributed by atoms with E-state index in [9.17, 15) is 14.0 Å². The molecule has 2 aliphatic rings. The number of aromatic nitrogens is 3. The van der Waals surface area contributed by atoms with E-state index < -0.39 is 18.2 Å². The molecule has 0 bridgehead atoms. The SMILES string of the molecule is Cc1ccc2c(N3CC[C@@H](CF)C3=O)cccc2c1Oc1ncccc1-c1ccnc(N[C@H]2CCCN(C(=O)OC(C)(C)C)C2)n1. The number of nitrogens with zero attached hydrogens (tertiary/aromatic N) is 5. The minimum absolute atomic E-state index is 0.0312. The van der Waals surface area contributed by atoms with Gasteiger partial charge in [0.15, 0.2) is 0 Å². The number of carbonyl (C=O) groups is 2. The minimum Gasteiger partial charge on any atom is -0.444 e. The smallest absolute Gasteiger partial charge is 0.410 e. The second-order valence-corrected chi connectivity index (χ2v) is 12.8. The largest absolute Gasteiger partial charge is 0.444 e. The van der Waals surface area contributed by atoms with Crippen molar-refractivity contribution in [2.24, 2.45) is 5.92 Å². The van der Waals surface area contributed by atoms with E-state index in [0.717, 1.165) is 34.9 Å². The van der Waals surface area contributed by atoms with E-state index in [4.69, 9.17) is 14.5 Å². The van der Waals surface area contributed by atoms with Crippen LogP contribution in [-0.2, 0) is 9.53 Å². The molecule has 2 aromatic heterocycles. The van der Waals surface area contributed by atoms with Gasteiger partial charge in [0.1, 0.15) is 18.0 Å². The maximum absolute atomic E-state index is 13.4. The van der Waals surface area contributed by atoms with Crippen molar-refractivity contribution >= 4 is 34.4 Å². The zero-order valence-corrected chi connectivity index (χ0v) is 26.6. The summed E-state index contributed by atoms with van der Waals surface area (Å²) in [7, 11) is 0. The van der Waals surface area contributed by atoms with Gasteiger partial charge >= 0.3 is 6.09 Å². The summed E-state index contributed by atoms with van der Waals surface area (Å²) in [5.74, 6) is 0.642. The van der Waals surface area contributed by atoms with Crippen molar-refractivity contribution in [1.29, 1.82) is 0 Å². The lowest BCUT2D eigenvalue weighted by molar-refractivity contribution is -0.120. The Balaban J connectivity index is 1.25. The van der Waals surface area contributed by atoms with Gasteiger partial charge in [0, 0.05) is 48.8 Å². The fourth-order valence-electron chi connectivity index (χ4n) is 6.03. The van der Waals surface area contributed by atoms with Crippen LogP contribution in [0.25, 0.3) is 22.0 Å². The standard InChI is InChI=1S/C35H39FN6O4/c1-22-12-13-25-26(9-5-11-29(25)42-19-15-23(20-36)32(42)43)30(22)45-31-27(10-6-16-37-31)28-14-17-38-33(40-28)39-24-8-7-18-41(21-24)34(44)46-35(2,3)4/h5-6,9-14,16-17,23-24H,7-8,15,18-21H2,1-4H3,(H,38,39,40)/t23-,24-/m0/s1. The quantitative estimate of drug-likeness (QED) is 0.235. The zero-order chi connectivity index (χ0) is 32.4. The molecule has 0 spiro atoms. The summed E-state index contributed by atoms with van der Waals surface area (Å²) < 4.78 is 25.5. The van der Waals surface area contributed by atoms with E-state index >= 15 is 0 Å². The monoisotopic (exact) mass is 626 g/mol. The summed E-state index contributed by atoms with van der Waals surface area (Å²) in [5, 5.41) is 5.06. The van der Waals surface area contributed by atoms with Gasteiger partial charge in [0.2, 0.25) is 17.7 Å². The van der Waals surface area contributed by atoms with Gasteiger partial charge in [-0.3, -0.25) is 9.18 Å². The molecule has 0 unspecified atom stereocenters. The van der Waals surface area contributed by atoms with Crippen LogP contribution in [0.5, 0.6) is 11.6 Å². The number of hydrogen-bond donors (Lipinski definition) is 1. The van der Waals surface area contributed by atoms with Gasteiger partial charge in [-0.25, -0.2) is 19.7 Å². The van der Waals surface area contributed by atoms with E-state index in [-0.39, 0.29) is 18.0 Å². The van der Waals surface area contributed by atoms with E-state index in [2.05, 4.69) is 15.3 Å². The van der Waals surface area contributed by atoms with E-state index in [1.165, 1.54) is 0 Å². The van der Waals surface area contributed by atoms with Crippen LogP contribution in [0, 0.1) is 12.8 Å². The fourth-order valence-corrected chi connectivity index (χ4v) is 6.03. The number of anilines is 2. The molecule has 0 saturated carbocycles. The highest BCUT2D eigenvalue weighted by Gasteiger charge is 2.33. The lowest BCUT2D eigenvalue weighted by atomic mass is 10.0. The molecule has 10 nitrogen and oxygen atoms in total. The van der Waals surface area contributed by atoms with Gasteiger partial charge in [-0.1, -0.05) is 24.3 Å². The topological polar surface area (TPSA) is 110 Å². The number of likely N-dealkylation sites (tertiary alicyclic amines) is 1. The number of fused-ring (bicyclic) bond motifs is 1.